The predicted octanol–water partition coefficient (Wildman–Crippen LogP) is 3.51. The van der Waals surface area contributed by atoms with Gasteiger partial charge in [-0.05, 0) is 6.42 Å². The Bertz CT molecular complexity index is 1520. The number of carbonyl (C=O) groups excluding carboxylic acids is 6. The second-order valence-electron chi connectivity index (χ2n) is 15.7. The molecular weight excluding hydrogens is 1060 g/mol. The fourth-order valence-corrected chi connectivity index (χ4v) is 13.5. The third-order valence-corrected chi connectivity index (χ3v) is 16.2. The van der Waals surface area contributed by atoms with E-state index in [0.29, 0.717) is 142 Å². The van der Waals surface area contributed by atoms with E-state index in [4.69, 9.17) is 0 Å². The molecule has 6 fully saturated rings. The number of urea groups is 6. The van der Waals surface area contributed by atoms with Crippen LogP contribution in [0.2, 0.25) is 0 Å². The highest BCUT2D eigenvalue weighted by Gasteiger charge is 2.60. The minimum Gasteiger partial charge on any atom is -0.300 e. The van der Waals surface area contributed by atoms with Crippen LogP contribution in [0.5, 0.6) is 0 Å². The highest BCUT2D eigenvalue weighted by atomic mass is 33.1. The van der Waals surface area contributed by atoms with Crippen LogP contribution in [-0.4, -0.2) is 274 Å². The Morgan fingerprint density at radius 1 is 0.288 bits per heavy atom. The molecule has 376 valence electrons. The molecule has 18 nitrogen and oxygen atoms in total. The van der Waals surface area contributed by atoms with Crippen LogP contribution in [0, 0.1) is 0 Å². The lowest BCUT2D eigenvalue weighted by Crippen LogP contribution is -2.48. The van der Waals surface area contributed by atoms with E-state index in [2.05, 4.69) is 114 Å². The van der Waals surface area contributed by atoms with Crippen molar-refractivity contribution in [3.05, 3.63) is 0 Å². The molecule has 0 aromatic heterocycles. The van der Waals surface area contributed by atoms with Gasteiger partial charge in [0.15, 0.2) is 0 Å². The summed E-state index contributed by atoms with van der Waals surface area (Å²) in [5.41, 5.74) is 0. The molecule has 29 heteroatoms. The summed E-state index contributed by atoms with van der Waals surface area (Å²) in [6, 6.07) is -0.434. The van der Waals surface area contributed by atoms with Crippen LogP contribution in [0.15, 0.2) is 0 Å². The molecule has 0 aliphatic carbocycles. The Labute approximate surface area is 447 Å². The fraction of sp³-hybridized carbons (Fsp3) is 0.838. The molecule has 6 aliphatic heterocycles. The number of fused-ring (bicyclic) bond motifs is 3. The lowest BCUT2D eigenvalue weighted by Gasteiger charge is -2.29. The van der Waals surface area contributed by atoms with Gasteiger partial charge in [0, 0.05) is 142 Å². The van der Waals surface area contributed by atoms with E-state index in [-0.39, 0.29) is 73.2 Å². The normalized spacial score (nSPS) is 25.0. The Morgan fingerprint density at radius 3 is 0.591 bits per heavy atom. The van der Waals surface area contributed by atoms with Gasteiger partial charge in [0.2, 0.25) is 0 Å². The molecule has 6 unspecified atom stereocenters. The first-order chi connectivity index (χ1) is 31.9. The molecule has 0 saturated carbocycles. The van der Waals surface area contributed by atoms with Crippen LogP contribution in [-0.2, 0) is 0 Å². The molecule has 12 amide bonds. The van der Waals surface area contributed by atoms with Crippen molar-refractivity contribution in [3.8, 4) is 0 Å². The van der Waals surface area contributed by atoms with Gasteiger partial charge < -0.3 is 4.90 Å². The van der Waals surface area contributed by atoms with Crippen molar-refractivity contribution in [3.63, 3.8) is 0 Å². The summed E-state index contributed by atoms with van der Waals surface area (Å²) in [5, 5.41) is 0. The zero-order chi connectivity index (χ0) is 48.2. The van der Waals surface area contributed by atoms with Crippen molar-refractivity contribution < 1.29 is 28.8 Å². The van der Waals surface area contributed by atoms with Gasteiger partial charge in [-0.15, -0.1) is 0 Å². The first kappa shape index (κ1) is 56.4. The van der Waals surface area contributed by atoms with Crippen molar-refractivity contribution in [1.82, 2.24) is 58.8 Å². The second kappa shape index (κ2) is 27.3. The van der Waals surface area contributed by atoms with E-state index in [1.807, 2.05) is 11.8 Å². The average Bonchev–Trinajstić information content (AvgIpc) is 4.05. The van der Waals surface area contributed by atoms with Gasteiger partial charge in [0.05, 0.1) is 0 Å². The number of nitrogens with zero attached hydrogens (tertiary/aromatic N) is 12. The number of hydrogen-bond donors (Lipinski definition) is 9. The molecule has 0 spiro atoms. The van der Waals surface area contributed by atoms with Gasteiger partial charge in [0.1, 0.15) is 37.0 Å². The van der Waals surface area contributed by atoms with Crippen molar-refractivity contribution in [2.24, 2.45) is 0 Å². The third-order valence-electron chi connectivity index (χ3n) is 12.0. The van der Waals surface area contributed by atoms with Crippen LogP contribution >= 0.6 is 135 Å². The molecule has 0 radical (unpaired) electrons. The minimum absolute atomic E-state index is 0.00766. The first-order valence-corrected chi connectivity index (χ1v) is 30.3. The fourth-order valence-electron chi connectivity index (χ4n) is 9.62. The summed E-state index contributed by atoms with van der Waals surface area (Å²) >= 11 is 38.9. The Morgan fingerprint density at radius 2 is 0.439 bits per heavy atom. The topological polar surface area (TPSA) is 141 Å². The molecule has 0 aromatic rings. The molecule has 6 aliphatic rings. The SMILES string of the molecule is CCCN1C(=O)N(CCS)C2C1N(CCS)C(=O)N2CCS.O=C1N(CCS)C2C(N1CCS)N(CCSSCCN1C(=O)N(CCS)C3C1N(CCS)C(=O)N3CCS)C(=O)N2CCS. The molecule has 6 saturated heterocycles. The quantitative estimate of drug-likeness (QED) is 0.0347. The summed E-state index contributed by atoms with van der Waals surface area (Å²) in [6.07, 6.45) is -1.14. The van der Waals surface area contributed by atoms with E-state index in [9.17, 15) is 28.8 Å². The van der Waals surface area contributed by atoms with Gasteiger partial charge in [-0.25, -0.2) is 28.8 Å². The molecule has 6 heterocycles. The molecule has 66 heavy (non-hydrogen) atoms. The molecule has 0 aromatic carbocycles. The zero-order valence-corrected chi connectivity index (χ0v) is 46.8. The van der Waals surface area contributed by atoms with Crippen LogP contribution in [0.25, 0.3) is 0 Å². The summed E-state index contributed by atoms with van der Waals surface area (Å²) in [6.45, 7) is 7.91. The maximum absolute atomic E-state index is 13.5. The Kier molecular flexibility index (Phi) is 23.4. The average molecular weight is 1130 g/mol. The smallest absolute Gasteiger partial charge is 0.300 e. The second-order valence-corrected chi connectivity index (χ2v) is 22.4. The van der Waals surface area contributed by atoms with Gasteiger partial charge in [-0.3, -0.25) is 53.9 Å². The van der Waals surface area contributed by atoms with Gasteiger partial charge >= 0.3 is 36.2 Å². The number of rotatable bonds is 27. The molecular formula is C37H66N12O6S11. The van der Waals surface area contributed by atoms with Gasteiger partial charge in [0.25, 0.3) is 0 Å². The molecule has 0 bridgehead atoms. The van der Waals surface area contributed by atoms with Crippen LogP contribution < -0.4 is 0 Å². The monoisotopic (exact) mass is 1130 g/mol. The summed E-state index contributed by atoms with van der Waals surface area (Å²) in [7, 11) is 3.25. The van der Waals surface area contributed by atoms with E-state index < -0.39 is 0 Å². The highest BCUT2D eigenvalue weighted by molar-refractivity contribution is 8.76. The number of hydrogen-bond acceptors (Lipinski definition) is 17. The lowest BCUT2D eigenvalue weighted by atomic mass is 10.3. The number of carbonyl (C=O) groups is 6. The summed E-state index contributed by atoms with van der Waals surface area (Å²) < 4.78 is 0. The minimum atomic E-state index is -0.387. The maximum atomic E-state index is 13.5. The largest absolute Gasteiger partial charge is 0.323 e. The number of amides is 12. The third kappa shape index (κ3) is 11.5. The zero-order valence-electron chi connectivity index (χ0n) is 37.1. The predicted molar refractivity (Wildman–Crippen MR) is 295 cm³/mol. The summed E-state index contributed by atoms with van der Waals surface area (Å²) in [5.74, 6) is 5.99. The van der Waals surface area contributed by atoms with E-state index in [1.165, 1.54) is 0 Å². The van der Waals surface area contributed by atoms with Crippen molar-refractivity contribution in [2.75, 3.05) is 142 Å². The molecule has 6 rings (SSSR count). The van der Waals surface area contributed by atoms with Gasteiger partial charge in [-0.1, -0.05) is 28.5 Å². The van der Waals surface area contributed by atoms with E-state index >= 15 is 0 Å². The van der Waals surface area contributed by atoms with Crippen molar-refractivity contribution in [2.45, 2.75) is 50.3 Å². The molecule has 6 atom stereocenters. The van der Waals surface area contributed by atoms with E-state index in [1.54, 1.807) is 75.5 Å². The standard InChI is InChI=1S/C24H42N8O4S8.C13H24N4O2S3/c33-21-25(1-9-37)17-19(29(21)5-13-41)31(23(35)27(17)3-11-39)7-15-43-44-16-8-32-20-18(28(4-12-40)24(32)36)26(2-10-38)22(34)30(20)6-14-42;1-2-3-14-10-11(16(5-8-21)12(14)18)17(6-9-22)13(19)15(10)4-7-20/h17-20,37-42H,1-16H2;10-11,20-22H,2-9H2,1H3. The summed E-state index contributed by atoms with van der Waals surface area (Å²) in [4.78, 5) is 100. The van der Waals surface area contributed by atoms with Gasteiger partial charge in [-0.2, -0.15) is 114 Å². The highest BCUT2D eigenvalue weighted by Crippen LogP contribution is 2.39. The lowest BCUT2D eigenvalue weighted by molar-refractivity contribution is 0.132. The van der Waals surface area contributed by atoms with Crippen LogP contribution in [0.3, 0.4) is 0 Å². The number of thiol groups is 9. The van der Waals surface area contributed by atoms with Crippen molar-refractivity contribution >= 4 is 171 Å². The Hall–Kier alpha value is -0.530. The molecule has 0 N–H and O–H groups in total. The first-order valence-electron chi connectivity index (χ1n) is 22.1. The van der Waals surface area contributed by atoms with Crippen molar-refractivity contribution in [1.29, 1.82) is 0 Å². The van der Waals surface area contributed by atoms with E-state index in [0.717, 1.165) is 6.42 Å². The Balaban J connectivity index is 0.000000310. The van der Waals surface area contributed by atoms with Crippen LogP contribution in [0.4, 0.5) is 28.8 Å². The maximum Gasteiger partial charge on any atom is 0.323 e. The van der Waals surface area contributed by atoms with Crippen LogP contribution in [0.1, 0.15) is 13.3 Å².